The second-order valence-electron chi connectivity index (χ2n) is 8.78. The van der Waals surface area contributed by atoms with E-state index in [1.807, 2.05) is 74.8 Å². The molecule has 0 spiro atoms. The summed E-state index contributed by atoms with van der Waals surface area (Å²) in [5.41, 5.74) is 2.73. The zero-order chi connectivity index (χ0) is 23.2. The Morgan fingerprint density at radius 2 is 1.85 bits per heavy atom. The number of hydrogen-bond donors (Lipinski definition) is 0. The van der Waals surface area contributed by atoms with Gasteiger partial charge in [-0.1, -0.05) is 12.1 Å². The molecular weight excluding hydrogens is 414 g/mol. The zero-order valence-electron chi connectivity index (χ0n) is 19.5. The van der Waals surface area contributed by atoms with Crippen molar-refractivity contribution in [3.8, 4) is 22.9 Å². The third kappa shape index (κ3) is 5.96. The quantitative estimate of drug-likeness (QED) is 0.453. The Balaban J connectivity index is 1.38. The lowest BCUT2D eigenvalue weighted by Gasteiger charge is -2.32. The Kier molecular flexibility index (Phi) is 7.35. The third-order valence-corrected chi connectivity index (χ3v) is 5.83. The minimum absolute atomic E-state index is 0.00691. The first-order chi connectivity index (χ1) is 16.0. The number of likely N-dealkylation sites (tertiary alicyclic amines) is 1. The molecule has 172 valence electrons. The highest BCUT2D eigenvalue weighted by atomic mass is 16.5. The van der Waals surface area contributed by atoms with E-state index in [0.717, 1.165) is 60.7 Å². The number of Topliss-reactive ketones (excluding diaryl/α,β-unsaturated/α-hetero) is 1. The molecule has 0 amide bonds. The van der Waals surface area contributed by atoms with E-state index in [1.54, 1.807) is 7.11 Å². The monoisotopic (exact) mass is 445 g/mol. The van der Waals surface area contributed by atoms with Crippen LogP contribution in [0.5, 0.6) is 11.5 Å². The van der Waals surface area contributed by atoms with Crippen molar-refractivity contribution in [2.24, 2.45) is 5.92 Å². The van der Waals surface area contributed by atoms with Gasteiger partial charge in [0.25, 0.3) is 0 Å². The first-order valence-corrected chi connectivity index (χ1v) is 11.5. The van der Waals surface area contributed by atoms with Crippen LogP contribution in [0.25, 0.3) is 11.4 Å². The van der Waals surface area contributed by atoms with Crippen molar-refractivity contribution in [1.29, 1.82) is 0 Å². The molecule has 1 aromatic heterocycles. The number of carbonyl (C=O) groups excluding carboxylic acids is 1. The fourth-order valence-corrected chi connectivity index (χ4v) is 4.23. The van der Waals surface area contributed by atoms with E-state index >= 15 is 0 Å². The van der Waals surface area contributed by atoms with Gasteiger partial charge in [0, 0.05) is 48.1 Å². The van der Waals surface area contributed by atoms with Crippen LogP contribution in [-0.4, -0.2) is 47.0 Å². The molecule has 33 heavy (non-hydrogen) atoms. The number of piperidine rings is 1. The summed E-state index contributed by atoms with van der Waals surface area (Å²) >= 11 is 0. The fourth-order valence-electron chi connectivity index (χ4n) is 4.23. The van der Waals surface area contributed by atoms with Crippen molar-refractivity contribution in [2.45, 2.75) is 39.3 Å². The molecule has 1 saturated heterocycles. The summed E-state index contributed by atoms with van der Waals surface area (Å²) in [5, 5.41) is 0. The van der Waals surface area contributed by atoms with Crippen LogP contribution in [0.15, 0.2) is 60.9 Å². The molecule has 1 aliphatic rings. The molecule has 0 radical (unpaired) electrons. The smallest absolute Gasteiger partial charge is 0.167 e. The summed E-state index contributed by atoms with van der Waals surface area (Å²) in [7, 11) is 1.65. The van der Waals surface area contributed by atoms with Crippen molar-refractivity contribution in [1.82, 2.24) is 14.9 Å². The first kappa shape index (κ1) is 22.9. The Bertz CT molecular complexity index is 1060. The number of nitrogens with zero attached hydrogens (tertiary/aromatic N) is 3. The largest absolute Gasteiger partial charge is 0.497 e. The maximum absolute atomic E-state index is 13.2. The van der Waals surface area contributed by atoms with E-state index < -0.39 is 0 Å². The Morgan fingerprint density at radius 3 is 2.55 bits per heavy atom. The van der Waals surface area contributed by atoms with E-state index in [1.165, 1.54) is 0 Å². The molecule has 2 heterocycles. The third-order valence-electron chi connectivity index (χ3n) is 5.83. The van der Waals surface area contributed by atoms with Gasteiger partial charge in [0.1, 0.15) is 11.5 Å². The topological polar surface area (TPSA) is 64.5 Å². The van der Waals surface area contributed by atoms with Gasteiger partial charge in [-0.3, -0.25) is 9.69 Å². The number of carbonyl (C=O) groups is 1. The second kappa shape index (κ2) is 10.6. The van der Waals surface area contributed by atoms with Gasteiger partial charge >= 0.3 is 0 Å². The zero-order valence-corrected chi connectivity index (χ0v) is 19.5. The average molecular weight is 446 g/mol. The van der Waals surface area contributed by atoms with Crippen molar-refractivity contribution in [2.75, 3.05) is 20.2 Å². The highest BCUT2D eigenvalue weighted by Gasteiger charge is 2.27. The normalized spacial score (nSPS) is 16.5. The predicted octanol–water partition coefficient (Wildman–Crippen LogP) is 5.03. The van der Waals surface area contributed by atoms with Crippen LogP contribution >= 0.6 is 0 Å². The molecule has 1 aliphatic heterocycles. The molecule has 0 saturated carbocycles. The number of hydrogen-bond acceptors (Lipinski definition) is 6. The van der Waals surface area contributed by atoms with Crippen LogP contribution in [-0.2, 0) is 6.54 Å². The molecule has 3 aromatic rings. The van der Waals surface area contributed by atoms with Crippen LogP contribution in [0.4, 0.5) is 0 Å². The fraction of sp³-hybridized carbons (Fsp3) is 0.370. The SMILES string of the molecule is COc1ccc(-c2ncc(CN3CCCC(C(=O)c4cccc(OC(C)C)c4)C3)cn2)cc1. The van der Waals surface area contributed by atoms with E-state index in [9.17, 15) is 4.79 Å². The molecule has 2 aromatic carbocycles. The molecule has 1 fully saturated rings. The van der Waals surface area contributed by atoms with Gasteiger partial charge in [0.2, 0.25) is 0 Å². The van der Waals surface area contributed by atoms with Gasteiger partial charge < -0.3 is 9.47 Å². The van der Waals surface area contributed by atoms with E-state index in [4.69, 9.17) is 9.47 Å². The molecule has 0 bridgehead atoms. The summed E-state index contributed by atoms with van der Waals surface area (Å²) in [6.07, 6.45) is 5.76. The van der Waals surface area contributed by atoms with Crippen molar-refractivity contribution >= 4 is 5.78 Å². The summed E-state index contributed by atoms with van der Waals surface area (Å²) < 4.78 is 11.0. The van der Waals surface area contributed by atoms with E-state index in [0.29, 0.717) is 5.82 Å². The Morgan fingerprint density at radius 1 is 1.09 bits per heavy atom. The van der Waals surface area contributed by atoms with Crippen LogP contribution in [0.3, 0.4) is 0 Å². The Labute approximate surface area is 195 Å². The molecule has 0 N–H and O–H groups in total. The average Bonchev–Trinajstić information content (AvgIpc) is 2.84. The van der Waals surface area contributed by atoms with Crippen LogP contribution in [0.2, 0.25) is 0 Å². The molecule has 6 heteroatoms. The van der Waals surface area contributed by atoms with Crippen molar-refractivity contribution < 1.29 is 14.3 Å². The van der Waals surface area contributed by atoms with Gasteiger partial charge in [-0.15, -0.1) is 0 Å². The van der Waals surface area contributed by atoms with E-state index in [2.05, 4.69) is 14.9 Å². The predicted molar refractivity (Wildman–Crippen MR) is 129 cm³/mol. The molecule has 6 nitrogen and oxygen atoms in total. The summed E-state index contributed by atoms with van der Waals surface area (Å²) in [5.74, 6) is 2.44. The van der Waals surface area contributed by atoms with Crippen molar-refractivity contribution in [3.05, 3.63) is 72.1 Å². The number of methoxy groups -OCH3 is 1. The van der Waals surface area contributed by atoms with Gasteiger partial charge in [0.05, 0.1) is 13.2 Å². The van der Waals surface area contributed by atoms with Gasteiger partial charge in [-0.25, -0.2) is 9.97 Å². The maximum Gasteiger partial charge on any atom is 0.167 e. The Hall–Kier alpha value is -3.25. The van der Waals surface area contributed by atoms with Gasteiger partial charge in [0.15, 0.2) is 11.6 Å². The minimum Gasteiger partial charge on any atom is -0.497 e. The van der Waals surface area contributed by atoms with Gasteiger partial charge in [-0.05, 0) is 69.6 Å². The van der Waals surface area contributed by atoms with Crippen molar-refractivity contribution in [3.63, 3.8) is 0 Å². The summed E-state index contributed by atoms with van der Waals surface area (Å²) in [6, 6.07) is 15.3. The van der Waals surface area contributed by atoms with Gasteiger partial charge in [-0.2, -0.15) is 0 Å². The first-order valence-electron chi connectivity index (χ1n) is 11.5. The molecule has 1 atom stereocenters. The summed E-state index contributed by atoms with van der Waals surface area (Å²) in [6.45, 7) is 6.43. The van der Waals surface area contributed by atoms with E-state index in [-0.39, 0.29) is 17.8 Å². The second-order valence-corrected chi connectivity index (χ2v) is 8.78. The highest BCUT2D eigenvalue weighted by Crippen LogP contribution is 2.25. The number of ether oxygens (including phenoxy) is 2. The molecule has 1 unspecified atom stereocenters. The number of rotatable bonds is 8. The molecule has 4 rings (SSSR count). The lowest BCUT2D eigenvalue weighted by Crippen LogP contribution is -2.38. The molecule has 0 aliphatic carbocycles. The highest BCUT2D eigenvalue weighted by molar-refractivity contribution is 5.98. The van der Waals surface area contributed by atoms with Crippen LogP contribution in [0, 0.1) is 5.92 Å². The molecular formula is C27H31N3O3. The standard InChI is InChI=1S/C27H31N3O3/c1-19(2)33-25-8-4-6-22(14-25)26(31)23-7-5-13-30(18-23)17-20-15-28-27(29-16-20)21-9-11-24(32-3)12-10-21/h4,6,8-12,14-16,19,23H,5,7,13,17-18H2,1-3H3. The maximum atomic E-state index is 13.2. The number of aromatic nitrogens is 2. The lowest BCUT2D eigenvalue weighted by atomic mass is 9.90. The van der Waals surface area contributed by atoms with Crippen LogP contribution in [0.1, 0.15) is 42.6 Å². The minimum atomic E-state index is -0.00691. The summed E-state index contributed by atoms with van der Waals surface area (Å²) in [4.78, 5) is 24.6. The van der Waals surface area contributed by atoms with Crippen LogP contribution < -0.4 is 9.47 Å². The number of ketones is 1. The number of benzene rings is 2. The lowest BCUT2D eigenvalue weighted by molar-refractivity contribution is 0.0810.